The predicted octanol–water partition coefficient (Wildman–Crippen LogP) is 1.85. The molecule has 3 nitrogen and oxygen atoms in total. The Morgan fingerprint density at radius 1 is 1.43 bits per heavy atom. The van der Waals surface area contributed by atoms with Crippen LogP contribution >= 0.6 is 0 Å². The quantitative estimate of drug-likeness (QED) is 0.555. The van der Waals surface area contributed by atoms with Gasteiger partial charge in [-0.15, -0.1) is 0 Å². The van der Waals surface area contributed by atoms with Crippen molar-refractivity contribution in [3.8, 4) is 0 Å². The van der Waals surface area contributed by atoms with Crippen molar-refractivity contribution in [2.24, 2.45) is 11.8 Å². The van der Waals surface area contributed by atoms with E-state index in [0.717, 1.165) is 19.3 Å². The van der Waals surface area contributed by atoms with Gasteiger partial charge >= 0.3 is 5.97 Å². The molecule has 1 saturated carbocycles. The van der Waals surface area contributed by atoms with Crippen molar-refractivity contribution in [2.75, 3.05) is 0 Å². The lowest BCUT2D eigenvalue weighted by Gasteiger charge is -2.57. The van der Waals surface area contributed by atoms with E-state index in [9.17, 15) is 4.79 Å². The van der Waals surface area contributed by atoms with E-state index in [4.69, 9.17) is 9.47 Å². The summed E-state index contributed by atoms with van der Waals surface area (Å²) in [7, 11) is 0. The van der Waals surface area contributed by atoms with Crippen molar-refractivity contribution in [3.05, 3.63) is 0 Å². The second-order valence-corrected chi connectivity index (χ2v) is 5.22. The highest BCUT2D eigenvalue weighted by molar-refractivity contribution is 5.76. The first kappa shape index (κ1) is 8.72. The Balaban J connectivity index is 2.01. The number of hydrogen-bond donors (Lipinski definition) is 0. The molecule has 3 rings (SSSR count). The van der Waals surface area contributed by atoms with Gasteiger partial charge in [0.2, 0.25) is 5.79 Å². The molecule has 0 unspecified atom stereocenters. The highest BCUT2D eigenvalue weighted by Crippen LogP contribution is 2.57. The normalized spacial score (nSPS) is 55.7. The van der Waals surface area contributed by atoms with Crippen molar-refractivity contribution in [1.29, 1.82) is 0 Å². The van der Waals surface area contributed by atoms with E-state index >= 15 is 0 Å². The molecule has 0 aromatic heterocycles. The lowest BCUT2D eigenvalue weighted by atomic mass is 9.60. The van der Waals surface area contributed by atoms with Gasteiger partial charge in [0.15, 0.2) is 0 Å². The molecule has 14 heavy (non-hydrogen) atoms. The largest absolute Gasteiger partial charge is 0.433 e. The van der Waals surface area contributed by atoms with Crippen LogP contribution in [0.1, 0.15) is 39.5 Å². The SMILES string of the molecule is C[C@]12CCC[C@@H]3C[C@H](C(=O)O1)[C@]3(C)O2. The van der Waals surface area contributed by atoms with E-state index in [1.807, 2.05) is 6.92 Å². The van der Waals surface area contributed by atoms with Crippen LogP contribution in [0.4, 0.5) is 0 Å². The van der Waals surface area contributed by atoms with Crippen molar-refractivity contribution in [1.82, 2.24) is 0 Å². The van der Waals surface area contributed by atoms with Crippen LogP contribution in [0.25, 0.3) is 0 Å². The first-order chi connectivity index (χ1) is 6.54. The molecule has 0 aromatic carbocycles. The topological polar surface area (TPSA) is 35.5 Å². The Hall–Kier alpha value is -0.570. The van der Waals surface area contributed by atoms with Crippen LogP contribution < -0.4 is 0 Å². The van der Waals surface area contributed by atoms with Gasteiger partial charge in [0.05, 0.1) is 11.5 Å². The summed E-state index contributed by atoms with van der Waals surface area (Å²) in [5.41, 5.74) is -0.222. The number of fused-ring (bicyclic) bond motifs is 1. The lowest BCUT2D eigenvalue weighted by Crippen LogP contribution is -2.65. The fourth-order valence-corrected chi connectivity index (χ4v) is 3.31. The maximum absolute atomic E-state index is 11.7. The van der Waals surface area contributed by atoms with Gasteiger partial charge < -0.3 is 9.47 Å². The molecule has 2 bridgehead atoms. The first-order valence-corrected chi connectivity index (χ1v) is 5.46. The number of rotatable bonds is 0. The second-order valence-electron chi connectivity index (χ2n) is 5.22. The van der Waals surface area contributed by atoms with Crippen molar-refractivity contribution >= 4 is 5.97 Å². The number of carbonyl (C=O) groups is 1. The fraction of sp³-hybridized carbons (Fsp3) is 0.909. The van der Waals surface area contributed by atoms with Gasteiger partial charge in [0.25, 0.3) is 0 Å². The Morgan fingerprint density at radius 2 is 2.21 bits per heavy atom. The summed E-state index contributed by atoms with van der Waals surface area (Å²) in [5.74, 6) is -0.113. The third kappa shape index (κ3) is 0.888. The van der Waals surface area contributed by atoms with Gasteiger partial charge in [-0.2, -0.15) is 0 Å². The minimum absolute atomic E-state index is 0.00123. The highest BCUT2D eigenvalue weighted by Gasteiger charge is 2.64. The molecule has 4 atom stereocenters. The van der Waals surface area contributed by atoms with Crippen LogP contribution in [0.5, 0.6) is 0 Å². The summed E-state index contributed by atoms with van der Waals surface area (Å²) >= 11 is 0. The van der Waals surface area contributed by atoms with Gasteiger partial charge in [-0.3, -0.25) is 4.79 Å². The van der Waals surface area contributed by atoms with Crippen molar-refractivity contribution in [2.45, 2.75) is 50.9 Å². The van der Waals surface area contributed by atoms with Gasteiger partial charge in [-0.05, 0) is 32.1 Å². The third-order valence-electron chi connectivity index (χ3n) is 4.24. The summed E-state index contributed by atoms with van der Waals surface area (Å²) in [6.07, 6.45) is 4.10. The zero-order chi connectivity index (χ0) is 9.97. The molecule has 1 aliphatic carbocycles. The first-order valence-electron chi connectivity index (χ1n) is 5.46. The Morgan fingerprint density at radius 3 is 3.00 bits per heavy atom. The second kappa shape index (κ2) is 2.32. The molecule has 78 valence electrons. The van der Waals surface area contributed by atoms with Gasteiger partial charge in [0, 0.05) is 13.3 Å². The molecule has 0 amide bonds. The summed E-state index contributed by atoms with van der Waals surface area (Å²) in [5, 5.41) is 0. The van der Waals surface area contributed by atoms with E-state index in [1.54, 1.807) is 0 Å². The van der Waals surface area contributed by atoms with Crippen LogP contribution in [0.3, 0.4) is 0 Å². The Labute approximate surface area is 83.8 Å². The molecule has 0 aromatic rings. The Bertz CT molecular complexity index is 301. The van der Waals surface area contributed by atoms with Crippen LogP contribution in [0.2, 0.25) is 0 Å². The molecule has 3 heteroatoms. The zero-order valence-corrected chi connectivity index (χ0v) is 8.71. The Kier molecular flexibility index (Phi) is 1.45. The third-order valence-corrected chi connectivity index (χ3v) is 4.24. The molecule has 2 aliphatic heterocycles. The molecule has 2 heterocycles. The summed E-state index contributed by atoms with van der Waals surface area (Å²) in [6.45, 7) is 3.98. The van der Waals surface area contributed by atoms with E-state index in [-0.39, 0.29) is 17.5 Å². The molecule has 3 fully saturated rings. The van der Waals surface area contributed by atoms with Crippen LogP contribution in [0.15, 0.2) is 0 Å². The van der Waals surface area contributed by atoms with Crippen molar-refractivity contribution in [3.63, 3.8) is 0 Å². The average Bonchev–Trinajstić information content (AvgIpc) is 2.14. The molecule has 0 spiro atoms. The molecule has 2 saturated heterocycles. The molecular formula is C11H16O3. The lowest BCUT2D eigenvalue weighted by molar-refractivity contribution is -0.341. The summed E-state index contributed by atoms with van der Waals surface area (Å²) < 4.78 is 11.4. The zero-order valence-electron chi connectivity index (χ0n) is 8.71. The highest BCUT2D eigenvalue weighted by atomic mass is 16.7. The fourth-order valence-electron chi connectivity index (χ4n) is 3.31. The van der Waals surface area contributed by atoms with E-state index < -0.39 is 5.79 Å². The minimum atomic E-state index is -0.641. The molecule has 3 aliphatic rings. The summed E-state index contributed by atoms with van der Waals surface area (Å²) in [6, 6.07) is 0. The summed E-state index contributed by atoms with van der Waals surface area (Å²) in [4.78, 5) is 11.7. The molecular weight excluding hydrogens is 180 g/mol. The number of hydrogen-bond acceptors (Lipinski definition) is 3. The smallest absolute Gasteiger partial charge is 0.314 e. The van der Waals surface area contributed by atoms with Gasteiger partial charge in [-0.25, -0.2) is 0 Å². The standard InChI is InChI=1S/C11H16O3/c1-10-5-3-4-7-6-8(9(12)13-10)11(7,2)14-10/h7-8H,3-6H2,1-2H3/t7-,8-,10+,11-/m1/s1. The maximum atomic E-state index is 11.7. The van der Waals surface area contributed by atoms with Gasteiger partial charge in [-0.1, -0.05) is 0 Å². The number of esters is 1. The number of ether oxygens (including phenoxy) is 2. The maximum Gasteiger partial charge on any atom is 0.314 e. The predicted molar refractivity (Wildman–Crippen MR) is 49.4 cm³/mol. The van der Waals surface area contributed by atoms with Crippen LogP contribution in [-0.2, 0) is 14.3 Å². The van der Waals surface area contributed by atoms with Gasteiger partial charge in [0.1, 0.15) is 0 Å². The number of carbonyl (C=O) groups excluding carboxylic acids is 1. The van der Waals surface area contributed by atoms with E-state index in [0.29, 0.717) is 5.92 Å². The molecule has 0 N–H and O–H groups in total. The van der Waals surface area contributed by atoms with E-state index in [1.165, 1.54) is 6.42 Å². The van der Waals surface area contributed by atoms with Crippen LogP contribution in [-0.4, -0.2) is 17.4 Å². The van der Waals surface area contributed by atoms with Crippen molar-refractivity contribution < 1.29 is 14.3 Å². The average molecular weight is 196 g/mol. The molecule has 0 radical (unpaired) electrons. The van der Waals surface area contributed by atoms with E-state index in [2.05, 4.69) is 6.92 Å². The monoisotopic (exact) mass is 196 g/mol. The van der Waals surface area contributed by atoms with Crippen LogP contribution in [0, 0.1) is 11.8 Å². The minimum Gasteiger partial charge on any atom is -0.433 e.